The Labute approximate surface area is 103 Å². The van der Waals surface area contributed by atoms with Crippen molar-refractivity contribution in [3.63, 3.8) is 0 Å². The Morgan fingerprint density at radius 1 is 1.62 bits per heavy atom. The molecule has 0 spiro atoms. The number of pyridine rings is 1. The van der Waals surface area contributed by atoms with Crippen LogP contribution in [0.4, 0.5) is 13.2 Å². The molecule has 1 aromatic rings. The third kappa shape index (κ3) is 2.63. The lowest BCUT2D eigenvalue weighted by atomic mass is 10.2. The van der Waals surface area contributed by atoms with Gasteiger partial charge in [-0.25, -0.2) is 18.6 Å². The summed E-state index contributed by atoms with van der Waals surface area (Å²) in [5.41, 5.74) is -1.02. The summed E-state index contributed by atoms with van der Waals surface area (Å²) in [6, 6.07) is 0. The highest BCUT2D eigenvalue weighted by Gasteiger charge is 2.24. The molecule has 0 bridgehead atoms. The minimum absolute atomic E-state index is 0.0350. The largest absolute Gasteiger partial charge is 0.462 e. The number of nitrogens with zero attached hydrogens (tertiary/aromatic N) is 1. The molecule has 0 saturated heterocycles. The van der Waals surface area contributed by atoms with E-state index in [1.807, 2.05) is 0 Å². The topological polar surface area (TPSA) is 39.2 Å². The minimum Gasteiger partial charge on any atom is -0.462 e. The van der Waals surface area contributed by atoms with Crippen molar-refractivity contribution in [3.05, 3.63) is 26.8 Å². The number of hydrogen-bond acceptors (Lipinski definition) is 3. The number of carbonyl (C=O) groups is 1. The van der Waals surface area contributed by atoms with Crippen molar-refractivity contribution < 1.29 is 22.7 Å². The molecule has 1 rings (SSSR count). The summed E-state index contributed by atoms with van der Waals surface area (Å²) in [6.07, 6.45) is -2.10. The van der Waals surface area contributed by atoms with Crippen molar-refractivity contribution in [2.75, 3.05) is 6.61 Å². The highest BCUT2D eigenvalue weighted by atomic mass is 127. The fourth-order valence-electron chi connectivity index (χ4n) is 1.01. The predicted molar refractivity (Wildman–Crippen MR) is 57.8 cm³/mol. The van der Waals surface area contributed by atoms with Gasteiger partial charge in [-0.1, -0.05) is 0 Å². The van der Waals surface area contributed by atoms with Crippen LogP contribution in [-0.2, 0) is 4.74 Å². The average Bonchev–Trinajstić information content (AvgIpc) is 2.17. The number of ether oxygens (including phenoxy) is 1. The van der Waals surface area contributed by atoms with Gasteiger partial charge in [-0.3, -0.25) is 0 Å². The second kappa shape index (κ2) is 5.46. The van der Waals surface area contributed by atoms with Crippen LogP contribution in [0.15, 0.2) is 6.20 Å². The Kier molecular flexibility index (Phi) is 4.51. The zero-order chi connectivity index (χ0) is 12.3. The van der Waals surface area contributed by atoms with Crippen molar-refractivity contribution in [1.82, 2.24) is 4.98 Å². The molecule has 0 aliphatic carbocycles. The van der Waals surface area contributed by atoms with Gasteiger partial charge in [0.15, 0.2) is 0 Å². The van der Waals surface area contributed by atoms with Gasteiger partial charge in [-0.2, -0.15) is 4.39 Å². The molecule has 0 saturated carbocycles. The van der Waals surface area contributed by atoms with Gasteiger partial charge in [0.2, 0.25) is 5.95 Å². The molecule has 0 amide bonds. The second-order valence-corrected chi connectivity index (χ2v) is 3.79. The van der Waals surface area contributed by atoms with Crippen molar-refractivity contribution >= 4 is 28.6 Å². The summed E-state index contributed by atoms with van der Waals surface area (Å²) in [5, 5.41) is 0. The summed E-state index contributed by atoms with van der Waals surface area (Å²) in [5.74, 6) is -2.09. The van der Waals surface area contributed by atoms with Crippen molar-refractivity contribution in [3.8, 4) is 0 Å². The molecule has 0 atom stereocenters. The minimum atomic E-state index is -2.81. The van der Waals surface area contributed by atoms with Gasteiger partial charge in [0.25, 0.3) is 6.43 Å². The zero-order valence-electron chi connectivity index (χ0n) is 8.14. The van der Waals surface area contributed by atoms with Crippen LogP contribution in [0.2, 0.25) is 0 Å². The maximum atomic E-state index is 13.2. The first kappa shape index (κ1) is 13.2. The maximum Gasteiger partial charge on any atom is 0.343 e. The van der Waals surface area contributed by atoms with Crippen molar-refractivity contribution in [2.45, 2.75) is 13.3 Å². The van der Waals surface area contributed by atoms with E-state index in [4.69, 9.17) is 0 Å². The quantitative estimate of drug-likeness (QED) is 0.480. The molecule has 88 valence electrons. The van der Waals surface area contributed by atoms with E-state index in [2.05, 4.69) is 9.72 Å². The van der Waals surface area contributed by atoms with Crippen LogP contribution in [0.1, 0.15) is 29.3 Å². The SMILES string of the molecule is CCOC(=O)c1c(F)ncc(C(F)F)c1I. The number of hydrogen-bond donors (Lipinski definition) is 0. The van der Waals surface area contributed by atoms with E-state index in [0.29, 0.717) is 6.20 Å². The van der Waals surface area contributed by atoms with Crippen LogP contribution >= 0.6 is 22.6 Å². The molecule has 7 heteroatoms. The molecule has 0 aliphatic rings. The van der Waals surface area contributed by atoms with Gasteiger partial charge in [0.1, 0.15) is 5.56 Å². The Bertz CT molecular complexity index is 412. The van der Waals surface area contributed by atoms with Crippen molar-refractivity contribution in [1.29, 1.82) is 0 Å². The van der Waals surface area contributed by atoms with E-state index in [0.717, 1.165) is 0 Å². The molecular formula is C9H7F3INO2. The Balaban J connectivity index is 3.26. The summed E-state index contributed by atoms with van der Waals surface area (Å²) >= 11 is 1.48. The van der Waals surface area contributed by atoms with E-state index >= 15 is 0 Å². The van der Waals surface area contributed by atoms with Crippen LogP contribution in [0, 0.1) is 9.52 Å². The first-order valence-corrected chi connectivity index (χ1v) is 5.36. The molecule has 0 radical (unpaired) electrons. The van der Waals surface area contributed by atoms with Crippen LogP contribution in [0.25, 0.3) is 0 Å². The average molecular weight is 345 g/mol. The molecule has 1 aromatic heterocycles. The molecule has 0 aromatic carbocycles. The first-order valence-electron chi connectivity index (χ1n) is 4.28. The Morgan fingerprint density at radius 2 is 2.25 bits per heavy atom. The van der Waals surface area contributed by atoms with E-state index < -0.39 is 29.5 Å². The molecule has 3 nitrogen and oxygen atoms in total. The van der Waals surface area contributed by atoms with E-state index in [1.165, 1.54) is 29.5 Å². The summed E-state index contributed by atoms with van der Waals surface area (Å²) in [4.78, 5) is 14.4. The van der Waals surface area contributed by atoms with Gasteiger partial charge < -0.3 is 4.74 Å². The molecular weight excluding hydrogens is 338 g/mol. The van der Waals surface area contributed by atoms with Crippen molar-refractivity contribution in [2.24, 2.45) is 0 Å². The summed E-state index contributed by atoms with van der Waals surface area (Å²) < 4.78 is 42.5. The van der Waals surface area contributed by atoms with E-state index in [1.54, 1.807) is 0 Å². The lowest BCUT2D eigenvalue weighted by Gasteiger charge is -2.08. The number of esters is 1. The first-order chi connectivity index (χ1) is 7.49. The van der Waals surface area contributed by atoms with Gasteiger partial charge in [0.05, 0.1) is 12.2 Å². The zero-order valence-corrected chi connectivity index (χ0v) is 10.3. The maximum absolute atomic E-state index is 13.2. The summed E-state index contributed by atoms with van der Waals surface area (Å²) in [7, 11) is 0. The molecule has 0 unspecified atom stereocenters. The number of carbonyl (C=O) groups excluding carboxylic acids is 1. The highest BCUT2D eigenvalue weighted by molar-refractivity contribution is 14.1. The third-order valence-corrected chi connectivity index (χ3v) is 2.87. The lowest BCUT2D eigenvalue weighted by Crippen LogP contribution is -2.12. The molecule has 1 heterocycles. The van der Waals surface area contributed by atoms with E-state index in [-0.39, 0.29) is 10.2 Å². The number of alkyl halides is 2. The monoisotopic (exact) mass is 345 g/mol. The van der Waals surface area contributed by atoms with E-state index in [9.17, 15) is 18.0 Å². The standard InChI is InChI=1S/C9H7F3INO2/c1-2-16-9(15)5-6(13)4(7(10)11)3-14-8(5)12/h3,7H,2H2,1H3. The van der Waals surface area contributed by atoms with Crippen LogP contribution in [-0.4, -0.2) is 17.6 Å². The fraction of sp³-hybridized carbons (Fsp3) is 0.333. The van der Waals surface area contributed by atoms with Gasteiger partial charge in [-0.15, -0.1) is 0 Å². The molecule has 0 fully saturated rings. The number of halogens is 4. The summed E-state index contributed by atoms with van der Waals surface area (Å²) in [6.45, 7) is 1.57. The van der Waals surface area contributed by atoms with Gasteiger partial charge in [0, 0.05) is 9.77 Å². The predicted octanol–water partition coefficient (Wildman–Crippen LogP) is 2.94. The lowest BCUT2D eigenvalue weighted by molar-refractivity contribution is 0.0517. The Hall–Kier alpha value is -0.860. The second-order valence-electron chi connectivity index (χ2n) is 2.71. The Morgan fingerprint density at radius 3 is 2.75 bits per heavy atom. The van der Waals surface area contributed by atoms with Gasteiger partial charge in [-0.05, 0) is 29.5 Å². The van der Waals surface area contributed by atoms with Crippen LogP contribution < -0.4 is 0 Å². The number of aromatic nitrogens is 1. The highest BCUT2D eigenvalue weighted by Crippen LogP contribution is 2.27. The number of rotatable bonds is 3. The smallest absolute Gasteiger partial charge is 0.343 e. The molecule has 0 N–H and O–H groups in total. The van der Waals surface area contributed by atoms with Crippen LogP contribution in [0.5, 0.6) is 0 Å². The fourth-order valence-corrected chi connectivity index (χ4v) is 1.83. The van der Waals surface area contributed by atoms with Gasteiger partial charge >= 0.3 is 5.97 Å². The van der Waals surface area contributed by atoms with Crippen LogP contribution in [0.3, 0.4) is 0 Å². The molecule has 0 aliphatic heterocycles. The molecule has 16 heavy (non-hydrogen) atoms. The normalized spacial score (nSPS) is 10.6. The third-order valence-electron chi connectivity index (χ3n) is 1.71.